The number of hydrogen-bond acceptors (Lipinski definition) is 2. The van der Waals surface area contributed by atoms with Gasteiger partial charge in [-0.3, -0.25) is 0 Å². The lowest BCUT2D eigenvalue weighted by molar-refractivity contribution is 0.0875. The lowest BCUT2D eigenvalue weighted by Gasteiger charge is -2.14. The second-order valence-electron chi connectivity index (χ2n) is 3.35. The summed E-state index contributed by atoms with van der Waals surface area (Å²) in [6.07, 6.45) is 1.91. The Bertz CT molecular complexity index is 136. The Morgan fingerprint density at radius 1 is 1.50 bits per heavy atom. The fourth-order valence-electron chi connectivity index (χ4n) is 0.847. The minimum atomic E-state index is -0.0289. The van der Waals surface area contributed by atoms with Crippen LogP contribution in [0.3, 0.4) is 0 Å². The van der Waals surface area contributed by atoms with Crippen LogP contribution in [0.25, 0.3) is 0 Å². The quantitative estimate of drug-likeness (QED) is 0.650. The van der Waals surface area contributed by atoms with Crippen LogP contribution in [0.4, 0.5) is 0 Å². The Kier molecular flexibility index (Phi) is 6.30. The van der Waals surface area contributed by atoms with Gasteiger partial charge in [0.05, 0.1) is 0 Å². The Morgan fingerprint density at radius 2 is 2.08 bits per heavy atom. The van der Waals surface area contributed by atoms with Crippen molar-refractivity contribution in [2.75, 3.05) is 6.61 Å². The molecule has 0 heterocycles. The molecule has 0 saturated heterocycles. The Labute approximate surface area is 80.5 Å². The fraction of sp³-hybridized carbons (Fsp3) is 0.889. The molecule has 3 heteroatoms. The minimum absolute atomic E-state index is 0.0289. The first-order valence-electron chi connectivity index (χ1n) is 4.48. The average molecular weight is 189 g/mol. The van der Waals surface area contributed by atoms with Crippen LogP contribution < -0.4 is 5.73 Å². The first-order valence-corrected chi connectivity index (χ1v) is 4.89. The molecular formula is C9H19NOS. The third kappa shape index (κ3) is 5.49. The number of rotatable bonds is 6. The number of thiocarbonyl (C=S) groups is 1. The summed E-state index contributed by atoms with van der Waals surface area (Å²) in [6.45, 7) is 7.13. The van der Waals surface area contributed by atoms with E-state index in [1.54, 1.807) is 0 Å². The molecule has 0 aromatic heterocycles. The van der Waals surface area contributed by atoms with Crippen LogP contribution in [0.2, 0.25) is 0 Å². The van der Waals surface area contributed by atoms with E-state index >= 15 is 0 Å². The highest BCUT2D eigenvalue weighted by Crippen LogP contribution is 2.03. The molecule has 0 aromatic carbocycles. The average Bonchev–Trinajstić information content (AvgIpc) is 1.96. The van der Waals surface area contributed by atoms with Crippen LogP contribution in [0.15, 0.2) is 0 Å². The zero-order valence-corrected chi connectivity index (χ0v) is 8.99. The predicted octanol–water partition coefficient (Wildman–Crippen LogP) is 2.11. The molecule has 2 N–H and O–H groups in total. The second-order valence-corrected chi connectivity index (χ2v) is 3.82. The molecule has 0 spiro atoms. The molecule has 0 aliphatic heterocycles. The lowest BCUT2D eigenvalue weighted by Crippen LogP contribution is -2.29. The molecule has 0 fully saturated rings. The zero-order valence-electron chi connectivity index (χ0n) is 8.17. The van der Waals surface area contributed by atoms with Gasteiger partial charge < -0.3 is 10.5 Å². The number of nitrogens with two attached hydrogens (primary N) is 1. The van der Waals surface area contributed by atoms with E-state index in [-0.39, 0.29) is 6.10 Å². The third-order valence-corrected chi connectivity index (χ3v) is 1.97. The third-order valence-electron chi connectivity index (χ3n) is 1.70. The van der Waals surface area contributed by atoms with Gasteiger partial charge in [0.1, 0.15) is 11.1 Å². The summed E-state index contributed by atoms with van der Waals surface area (Å²) in [6, 6.07) is 0. The van der Waals surface area contributed by atoms with Gasteiger partial charge in [-0.25, -0.2) is 0 Å². The summed E-state index contributed by atoms with van der Waals surface area (Å²) in [5.74, 6) is 0.675. The van der Waals surface area contributed by atoms with Gasteiger partial charge in [0, 0.05) is 6.61 Å². The molecular weight excluding hydrogens is 170 g/mol. The van der Waals surface area contributed by atoms with Gasteiger partial charge in [0.2, 0.25) is 0 Å². The van der Waals surface area contributed by atoms with Crippen LogP contribution in [-0.4, -0.2) is 17.7 Å². The Balaban J connectivity index is 3.52. The van der Waals surface area contributed by atoms with Crippen LogP contribution in [-0.2, 0) is 4.74 Å². The highest BCUT2D eigenvalue weighted by atomic mass is 32.1. The molecule has 0 amide bonds. The van der Waals surface area contributed by atoms with E-state index in [1.807, 2.05) is 6.92 Å². The molecule has 72 valence electrons. The molecule has 0 rings (SSSR count). The number of ether oxygens (including phenoxy) is 1. The summed E-state index contributed by atoms with van der Waals surface area (Å²) in [4.78, 5) is 0.473. The molecule has 1 unspecified atom stereocenters. The first-order chi connectivity index (χ1) is 5.57. The van der Waals surface area contributed by atoms with Crippen molar-refractivity contribution in [1.29, 1.82) is 0 Å². The highest BCUT2D eigenvalue weighted by molar-refractivity contribution is 7.80. The van der Waals surface area contributed by atoms with Crippen LogP contribution in [0, 0.1) is 5.92 Å². The van der Waals surface area contributed by atoms with Crippen molar-refractivity contribution < 1.29 is 4.74 Å². The van der Waals surface area contributed by atoms with Crippen molar-refractivity contribution in [2.24, 2.45) is 11.7 Å². The van der Waals surface area contributed by atoms with Crippen molar-refractivity contribution in [3.63, 3.8) is 0 Å². The van der Waals surface area contributed by atoms with Gasteiger partial charge in [-0.15, -0.1) is 0 Å². The van der Waals surface area contributed by atoms with E-state index in [0.29, 0.717) is 10.9 Å². The van der Waals surface area contributed by atoms with Gasteiger partial charge >= 0.3 is 0 Å². The summed E-state index contributed by atoms with van der Waals surface area (Å²) in [5.41, 5.74) is 5.47. The summed E-state index contributed by atoms with van der Waals surface area (Å²) < 4.78 is 5.50. The molecule has 12 heavy (non-hydrogen) atoms. The molecule has 1 atom stereocenters. The first kappa shape index (κ1) is 11.8. The van der Waals surface area contributed by atoms with Gasteiger partial charge in [0.25, 0.3) is 0 Å². The SMILES string of the molecule is CCC(OCCC(C)C)C(N)=S. The van der Waals surface area contributed by atoms with Crippen molar-refractivity contribution in [2.45, 2.75) is 39.7 Å². The zero-order chi connectivity index (χ0) is 9.56. The molecule has 0 bridgehead atoms. The highest BCUT2D eigenvalue weighted by Gasteiger charge is 2.08. The smallest absolute Gasteiger partial charge is 0.107 e. The lowest BCUT2D eigenvalue weighted by atomic mass is 10.1. The molecule has 2 nitrogen and oxygen atoms in total. The van der Waals surface area contributed by atoms with Crippen molar-refractivity contribution in [3.05, 3.63) is 0 Å². The van der Waals surface area contributed by atoms with Crippen LogP contribution >= 0.6 is 12.2 Å². The van der Waals surface area contributed by atoms with Crippen LogP contribution in [0.1, 0.15) is 33.6 Å². The van der Waals surface area contributed by atoms with Gasteiger partial charge in [-0.1, -0.05) is 33.0 Å². The van der Waals surface area contributed by atoms with E-state index < -0.39 is 0 Å². The summed E-state index contributed by atoms with van der Waals surface area (Å²) in [7, 11) is 0. The fourth-order valence-corrected chi connectivity index (χ4v) is 1.08. The van der Waals surface area contributed by atoms with E-state index in [2.05, 4.69) is 13.8 Å². The standard InChI is InChI=1S/C9H19NOS/c1-4-8(9(10)12)11-6-5-7(2)3/h7-8H,4-6H2,1-3H3,(H2,10,12). The summed E-state index contributed by atoms with van der Waals surface area (Å²) in [5, 5.41) is 0. The molecule has 0 radical (unpaired) electrons. The minimum Gasteiger partial charge on any atom is -0.391 e. The normalized spacial score (nSPS) is 13.3. The van der Waals surface area contributed by atoms with Crippen molar-refractivity contribution in [1.82, 2.24) is 0 Å². The molecule has 0 aliphatic rings. The second kappa shape index (κ2) is 6.38. The van der Waals surface area contributed by atoms with Crippen molar-refractivity contribution in [3.8, 4) is 0 Å². The Morgan fingerprint density at radius 3 is 2.42 bits per heavy atom. The van der Waals surface area contributed by atoms with Crippen LogP contribution in [0.5, 0.6) is 0 Å². The van der Waals surface area contributed by atoms with Gasteiger partial charge in [-0.2, -0.15) is 0 Å². The monoisotopic (exact) mass is 189 g/mol. The maximum absolute atomic E-state index is 5.50. The topological polar surface area (TPSA) is 35.2 Å². The largest absolute Gasteiger partial charge is 0.391 e. The van der Waals surface area contributed by atoms with E-state index in [0.717, 1.165) is 19.4 Å². The van der Waals surface area contributed by atoms with E-state index in [1.165, 1.54) is 0 Å². The Hall–Kier alpha value is -0.150. The molecule has 0 aromatic rings. The number of hydrogen-bond donors (Lipinski definition) is 1. The molecule has 0 aliphatic carbocycles. The van der Waals surface area contributed by atoms with Gasteiger partial charge in [-0.05, 0) is 18.8 Å². The van der Waals surface area contributed by atoms with E-state index in [4.69, 9.17) is 22.7 Å². The maximum atomic E-state index is 5.50. The van der Waals surface area contributed by atoms with E-state index in [9.17, 15) is 0 Å². The maximum Gasteiger partial charge on any atom is 0.107 e. The summed E-state index contributed by atoms with van der Waals surface area (Å²) >= 11 is 4.85. The predicted molar refractivity (Wildman–Crippen MR) is 56.3 cm³/mol. The molecule has 0 saturated carbocycles. The van der Waals surface area contributed by atoms with Gasteiger partial charge in [0.15, 0.2) is 0 Å². The van der Waals surface area contributed by atoms with Crippen molar-refractivity contribution >= 4 is 17.2 Å².